The van der Waals surface area contributed by atoms with Gasteiger partial charge in [0.1, 0.15) is 17.2 Å². The lowest BCUT2D eigenvalue weighted by Crippen LogP contribution is -2.39. The van der Waals surface area contributed by atoms with Crippen LogP contribution in [0.15, 0.2) is 109 Å². The van der Waals surface area contributed by atoms with Crippen LogP contribution in [-0.2, 0) is 105 Å². The highest BCUT2D eigenvalue weighted by Gasteiger charge is 2.47. The van der Waals surface area contributed by atoms with Gasteiger partial charge >= 0.3 is 55.0 Å². The minimum Gasteiger partial charge on any atom is -0.493 e. The Morgan fingerprint density at radius 1 is 0.325 bits per heavy atom. The number of piperidine rings is 3. The van der Waals surface area contributed by atoms with Gasteiger partial charge in [0.05, 0.1) is 92.3 Å². The van der Waals surface area contributed by atoms with Crippen LogP contribution in [0.3, 0.4) is 0 Å². The van der Waals surface area contributed by atoms with Gasteiger partial charge in [0, 0.05) is 37.4 Å². The average Bonchev–Trinajstić information content (AvgIpc) is 1.52. The van der Waals surface area contributed by atoms with Crippen LogP contribution in [0.5, 0.6) is 17.2 Å². The van der Waals surface area contributed by atoms with E-state index in [0.717, 1.165) is 147 Å². The van der Waals surface area contributed by atoms with Gasteiger partial charge in [-0.15, -0.1) is 0 Å². The second-order valence-corrected chi connectivity index (χ2v) is 35.4. The van der Waals surface area contributed by atoms with E-state index in [9.17, 15) is 93.4 Å². The molecule has 12 nitrogen and oxygen atoms in total. The fourth-order valence-corrected chi connectivity index (χ4v) is 20.1. The largest absolute Gasteiger partial charge is 0.493 e. The monoisotopic (exact) mass is 1750 g/mol. The number of carbonyl (C=O) groups excluding carboxylic acids is 3. The summed E-state index contributed by atoms with van der Waals surface area (Å²) in [5.41, 5.74) is -0.676. The zero-order valence-corrected chi connectivity index (χ0v) is 69.5. The number of halogens is 18. The molecule has 6 fully saturated rings. The van der Waals surface area contributed by atoms with E-state index < -0.39 is 70.4 Å². The number of alkyl halides is 18. The number of fused-ring (bicyclic) bond motifs is 3. The molecular formula is C93H105F18N3O9. The Morgan fingerprint density at radius 3 is 0.764 bits per heavy atom. The maximum Gasteiger partial charge on any atom is 0.416 e. The van der Waals surface area contributed by atoms with Crippen LogP contribution in [0, 0.1) is 71.0 Å². The third-order valence-electron chi connectivity index (χ3n) is 27.2. The first kappa shape index (κ1) is 92.4. The fraction of sp³-hybridized carbons (Fsp3) is 0.581. The van der Waals surface area contributed by atoms with Crippen LogP contribution in [0.25, 0.3) is 0 Å². The molecule has 30 heteroatoms. The lowest BCUT2D eigenvalue weighted by atomic mass is 9.78. The molecule has 3 unspecified atom stereocenters. The van der Waals surface area contributed by atoms with Gasteiger partial charge < -0.3 is 28.4 Å². The van der Waals surface area contributed by atoms with Crippen molar-refractivity contribution in [3.8, 4) is 17.2 Å². The zero-order valence-electron chi connectivity index (χ0n) is 69.5. The molecule has 0 spiro atoms. The summed E-state index contributed by atoms with van der Waals surface area (Å²) in [5, 5.41) is 0. The van der Waals surface area contributed by atoms with Crippen LogP contribution in [0.4, 0.5) is 79.0 Å². The number of benzene rings is 6. The SMILES string of the molecule is COC(=O)[C@@H](C)[C@H](c1ccc2c(c1)CC(C1CCN(Cc3cc(C(F)(F)F)ccc3C(F)(F)F)CC1)CO2)C1CC1.COC(=O)[C@@H](C)[C@H](c1ccc2c(c1)CC(C1CCN(Cc3cc(C(F)(F)F)ccc3C(F)(F)F)CC1)CO2)C1CC1.COC(=O)[C@@H](C)[C@H](c1ccc2c(c1)CC(C1CCN(Cc3cc(C(F)(F)F)ccc3C(F)(F)F)CC1)CO2)C1CC1. The first-order chi connectivity index (χ1) is 58.0. The third-order valence-corrected chi connectivity index (χ3v) is 27.2. The summed E-state index contributed by atoms with van der Waals surface area (Å²) in [6, 6.07) is 23.5. The van der Waals surface area contributed by atoms with Crippen molar-refractivity contribution in [2.24, 2.45) is 71.0 Å². The number of hydrogen-bond donors (Lipinski definition) is 0. The second-order valence-electron chi connectivity index (χ2n) is 35.4. The van der Waals surface area contributed by atoms with Gasteiger partial charge in [-0.1, -0.05) is 57.2 Å². The number of hydrogen-bond acceptors (Lipinski definition) is 12. The van der Waals surface area contributed by atoms with Crippen LogP contribution in [0.2, 0.25) is 0 Å². The smallest absolute Gasteiger partial charge is 0.416 e. The Balaban J connectivity index is 0.000000159. The predicted octanol–water partition coefficient (Wildman–Crippen LogP) is 22.5. The number of ether oxygens (including phenoxy) is 6. The molecule has 9 atom stereocenters. The number of likely N-dealkylation sites (tertiary alicyclic amines) is 3. The highest BCUT2D eigenvalue weighted by atomic mass is 19.4. The summed E-state index contributed by atoms with van der Waals surface area (Å²) < 4.78 is 274. The molecule has 0 amide bonds. The van der Waals surface area contributed by atoms with Crippen LogP contribution in [0.1, 0.15) is 199 Å². The molecule has 3 saturated heterocycles. The van der Waals surface area contributed by atoms with Crippen molar-refractivity contribution in [2.75, 3.05) is 80.4 Å². The van der Waals surface area contributed by atoms with Crippen molar-refractivity contribution >= 4 is 17.9 Å². The highest BCUT2D eigenvalue weighted by Crippen LogP contribution is 2.53. The normalized spacial score (nSPS) is 22.0. The van der Waals surface area contributed by atoms with Gasteiger partial charge in [-0.3, -0.25) is 29.1 Å². The van der Waals surface area contributed by atoms with Crippen LogP contribution >= 0.6 is 0 Å². The molecule has 3 saturated carbocycles. The summed E-state index contributed by atoms with van der Waals surface area (Å²) in [7, 11) is 4.23. The predicted molar refractivity (Wildman–Crippen MR) is 421 cm³/mol. The lowest BCUT2D eigenvalue weighted by molar-refractivity contribution is -0.146. The second kappa shape index (κ2) is 37.7. The van der Waals surface area contributed by atoms with E-state index in [1.807, 2.05) is 71.9 Å². The number of methoxy groups -OCH3 is 3. The molecule has 0 bridgehead atoms. The van der Waals surface area contributed by atoms with E-state index in [1.165, 1.54) is 21.3 Å². The number of carbonyl (C=O) groups is 3. The van der Waals surface area contributed by atoms with E-state index in [1.54, 1.807) is 0 Å². The molecule has 6 heterocycles. The molecule has 123 heavy (non-hydrogen) atoms. The van der Waals surface area contributed by atoms with E-state index in [2.05, 4.69) is 18.2 Å². The Hall–Kier alpha value is -8.25. The number of esters is 3. The molecule has 15 rings (SSSR count). The standard InChI is InChI=1S/3C31H35F6NO3/c3*1-18(29(39)40-2)28(20-3-4-20)21-5-8-27-22(13-21)14-24(17-41-27)19-9-11-38(12-10-19)16-23-15-25(30(32,33)34)6-7-26(23)31(35,36)37/h3*5-8,13,15,18-20,24,28H,3-4,9-12,14,16-17H2,1-2H3/t3*18-,24?,28-/m000/s1. The Labute approximate surface area is 704 Å². The first-order valence-electron chi connectivity index (χ1n) is 42.5. The van der Waals surface area contributed by atoms with Crippen LogP contribution < -0.4 is 14.2 Å². The van der Waals surface area contributed by atoms with Crippen molar-refractivity contribution < 1.29 is 122 Å². The summed E-state index contributed by atoms with van der Waals surface area (Å²) in [4.78, 5) is 42.4. The fourth-order valence-electron chi connectivity index (χ4n) is 20.1. The molecule has 0 N–H and O–H groups in total. The molecule has 6 aromatic rings. The molecule has 672 valence electrons. The van der Waals surface area contributed by atoms with Gasteiger partial charge in [0.2, 0.25) is 0 Å². The molecule has 0 aromatic heterocycles. The van der Waals surface area contributed by atoms with Gasteiger partial charge in [-0.25, -0.2) is 0 Å². The van der Waals surface area contributed by atoms with Gasteiger partial charge in [-0.05, 0) is 312 Å². The molecule has 3 aliphatic carbocycles. The Morgan fingerprint density at radius 2 is 0.561 bits per heavy atom. The highest BCUT2D eigenvalue weighted by molar-refractivity contribution is 5.74. The van der Waals surface area contributed by atoms with Crippen molar-refractivity contribution in [3.05, 3.63) is 193 Å². The Bertz CT molecular complexity index is 4200. The van der Waals surface area contributed by atoms with E-state index in [-0.39, 0.29) is 107 Å². The van der Waals surface area contributed by atoms with Crippen molar-refractivity contribution in [1.82, 2.24) is 14.7 Å². The minimum absolute atomic E-state index is 0.0915. The van der Waals surface area contributed by atoms with E-state index in [4.69, 9.17) is 28.4 Å². The topological polar surface area (TPSA) is 116 Å². The van der Waals surface area contributed by atoms with Gasteiger partial charge in [0.25, 0.3) is 0 Å². The third kappa shape index (κ3) is 22.8. The molecule has 0 radical (unpaired) electrons. The number of nitrogens with zero attached hydrogens (tertiary/aromatic N) is 3. The van der Waals surface area contributed by atoms with E-state index in [0.29, 0.717) is 149 Å². The molecule has 6 aromatic carbocycles. The molecule has 9 aliphatic rings. The molecule has 6 aliphatic heterocycles. The maximum absolute atomic E-state index is 13.5. The summed E-state index contributed by atoms with van der Waals surface area (Å²) in [6.07, 6.45) is -15.0. The Kier molecular flexibility index (Phi) is 28.4. The summed E-state index contributed by atoms with van der Waals surface area (Å²) >= 11 is 0. The quantitative estimate of drug-likeness (QED) is 0.0388. The molecular weight excluding hydrogens is 1640 g/mol. The van der Waals surface area contributed by atoms with E-state index >= 15 is 0 Å². The summed E-state index contributed by atoms with van der Waals surface area (Å²) in [5.74, 6) is 4.37. The lowest BCUT2D eigenvalue weighted by Gasteiger charge is -2.38. The van der Waals surface area contributed by atoms with Crippen molar-refractivity contribution in [1.29, 1.82) is 0 Å². The van der Waals surface area contributed by atoms with Gasteiger partial charge in [-0.2, -0.15) is 79.0 Å². The zero-order chi connectivity index (χ0) is 88.6. The van der Waals surface area contributed by atoms with Crippen molar-refractivity contribution in [3.63, 3.8) is 0 Å². The maximum atomic E-state index is 13.5. The van der Waals surface area contributed by atoms with Crippen molar-refractivity contribution in [2.45, 2.75) is 192 Å². The van der Waals surface area contributed by atoms with Crippen LogP contribution in [-0.4, -0.2) is 113 Å². The first-order valence-corrected chi connectivity index (χ1v) is 42.5. The van der Waals surface area contributed by atoms with Gasteiger partial charge in [0.15, 0.2) is 0 Å². The minimum atomic E-state index is -4.73. The summed E-state index contributed by atoms with van der Waals surface area (Å²) in [6.45, 7) is 9.86. The average molecular weight is 1750 g/mol. The number of rotatable bonds is 21.